The number of alkyl halides is 6. The number of rotatable bonds is 5. The Morgan fingerprint density at radius 3 is 1.86 bits per heavy atom. The summed E-state index contributed by atoms with van der Waals surface area (Å²) in [5.74, 6) is -1.50. The predicted molar refractivity (Wildman–Crippen MR) is 124 cm³/mol. The highest BCUT2D eigenvalue weighted by Gasteiger charge is 2.76. The van der Waals surface area contributed by atoms with Crippen LogP contribution in [-0.4, -0.2) is 34.4 Å². The number of aryl methyl sites for hydroxylation is 1. The standard InChI is InChI=1S/C27H26F6N2O/c1-24(2)15-20-23(21(36)16-24)25(26(28,29)30,27(31,32)33)34-22(14-13-18-9-5-3-6-10-18)35(20)17-19-11-7-4-8-12-19/h3-12H,13-17H2,1-2H3. The normalized spacial score (nSPS) is 19.7. The summed E-state index contributed by atoms with van der Waals surface area (Å²) in [6.45, 7) is 3.35. The Morgan fingerprint density at radius 2 is 1.33 bits per heavy atom. The third-order valence-electron chi connectivity index (χ3n) is 6.63. The van der Waals surface area contributed by atoms with E-state index in [1.807, 2.05) is 0 Å². The minimum atomic E-state index is -5.85. The summed E-state index contributed by atoms with van der Waals surface area (Å²) >= 11 is 0. The zero-order chi connectivity index (χ0) is 26.4. The Morgan fingerprint density at radius 1 is 0.806 bits per heavy atom. The molecule has 0 radical (unpaired) electrons. The lowest BCUT2D eigenvalue weighted by atomic mass is 9.69. The molecule has 1 heterocycles. The smallest absolute Gasteiger partial charge is 0.329 e. The second-order valence-electron chi connectivity index (χ2n) is 10.1. The topological polar surface area (TPSA) is 32.7 Å². The van der Waals surface area contributed by atoms with Crippen LogP contribution in [-0.2, 0) is 17.8 Å². The SMILES string of the molecule is CC1(C)CC(=O)C2=C(C1)N(Cc1ccccc1)C(CCc1ccccc1)=NC2(C(F)(F)F)C(F)(F)F. The zero-order valence-electron chi connectivity index (χ0n) is 19.9. The summed E-state index contributed by atoms with van der Waals surface area (Å²) in [6, 6.07) is 17.5. The van der Waals surface area contributed by atoms with Crippen LogP contribution in [0.25, 0.3) is 0 Å². The Bertz CT molecular complexity index is 1170. The number of carbonyl (C=O) groups excluding carboxylic acids is 1. The highest BCUT2D eigenvalue weighted by molar-refractivity contribution is 6.03. The van der Waals surface area contributed by atoms with Crippen molar-refractivity contribution < 1.29 is 31.1 Å². The van der Waals surface area contributed by atoms with Crippen molar-refractivity contribution >= 4 is 11.6 Å². The largest absolute Gasteiger partial charge is 0.427 e. The van der Waals surface area contributed by atoms with E-state index >= 15 is 0 Å². The molecule has 4 rings (SSSR count). The molecule has 0 bridgehead atoms. The molecule has 0 fully saturated rings. The van der Waals surface area contributed by atoms with Crippen LogP contribution in [0.3, 0.4) is 0 Å². The molecule has 36 heavy (non-hydrogen) atoms. The van der Waals surface area contributed by atoms with Gasteiger partial charge in [-0.2, -0.15) is 26.3 Å². The molecule has 1 aliphatic heterocycles. The van der Waals surface area contributed by atoms with E-state index in [1.165, 1.54) is 4.90 Å². The van der Waals surface area contributed by atoms with Crippen molar-refractivity contribution in [2.75, 3.05) is 0 Å². The molecule has 3 nitrogen and oxygen atoms in total. The molecule has 192 valence electrons. The van der Waals surface area contributed by atoms with Crippen molar-refractivity contribution in [3.05, 3.63) is 83.1 Å². The van der Waals surface area contributed by atoms with Crippen LogP contribution in [0.4, 0.5) is 26.3 Å². The summed E-state index contributed by atoms with van der Waals surface area (Å²) in [4.78, 5) is 17.9. The van der Waals surface area contributed by atoms with E-state index in [-0.39, 0.29) is 37.3 Å². The summed E-state index contributed by atoms with van der Waals surface area (Å²) in [5, 5.41) is 0. The van der Waals surface area contributed by atoms with Crippen molar-refractivity contribution in [3.8, 4) is 0 Å². The van der Waals surface area contributed by atoms with Crippen LogP contribution >= 0.6 is 0 Å². The van der Waals surface area contributed by atoms with E-state index in [4.69, 9.17) is 0 Å². The lowest BCUT2D eigenvalue weighted by Gasteiger charge is -2.48. The van der Waals surface area contributed by atoms with Crippen LogP contribution in [0.5, 0.6) is 0 Å². The predicted octanol–water partition coefficient (Wildman–Crippen LogP) is 7.04. The van der Waals surface area contributed by atoms with Crippen LogP contribution in [0, 0.1) is 5.41 Å². The number of hydrogen-bond donors (Lipinski definition) is 0. The summed E-state index contributed by atoms with van der Waals surface area (Å²) in [5.41, 5.74) is -5.50. The lowest BCUT2D eigenvalue weighted by Crippen LogP contribution is -2.63. The van der Waals surface area contributed by atoms with Gasteiger partial charge in [-0.15, -0.1) is 0 Å². The van der Waals surface area contributed by atoms with Gasteiger partial charge in [0.2, 0.25) is 0 Å². The molecule has 9 heteroatoms. The van der Waals surface area contributed by atoms with Gasteiger partial charge in [0.25, 0.3) is 5.54 Å². The molecule has 0 spiro atoms. The van der Waals surface area contributed by atoms with E-state index < -0.39 is 41.1 Å². The summed E-state index contributed by atoms with van der Waals surface area (Å²) in [6.07, 6.45) is -12.2. The Kier molecular flexibility index (Phi) is 6.56. The molecule has 0 aromatic heterocycles. The molecule has 2 aliphatic rings. The lowest BCUT2D eigenvalue weighted by molar-refractivity contribution is -0.283. The Balaban J connectivity index is 1.94. The average molecular weight is 509 g/mol. The molecule has 0 amide bonds. The van der Waals surface area contributed by atoms with Gasteiger partial charge in [0.15, 0.2) is 5.78 Å². The van der Waals surface area contributed by atoms with Gasteiger partial charge < -0.3 is 4.90 Å². The van der Waals surface area contributed by atoms with Gasteiger partial charge in [-0.25, -0.2) is 4.99 Å². The summed E-state index contributed by atoms with van der Waals surface area (Å²) < 4.78 is 86.9. The first-order valence-corrected chi connectivity index (χ1v) is 11.6. The van der Waals surface area contributed by atoms with Gasteiger partial charge >= 0.3 is 12.4 Å². The van der Waals surface area contributed by atoms with E-state index in [0.717, 1.165) is 5.56 Å². The number of carbonyl (C=O) groups is 1. The highest BCUT2D eigenvalue weighted by Crippen LogP contribution is 2.57. The van der Waals surface area contributed by atoms with Crippen LogP contribution in [0.2, 0.25) is 0 Å². The number of hydrogen-bond acceptors (Lipinski definition) is 3. The van der Waals surface area contributed by atoms with E-state index in [1.54, 1.807) is 74.5 Å². The fraction of sp³-hybridized carbons (Fsp3) is 0.407. The van der Waals surface area contributed by atoms with Crippen molar-refractivity contribution in [2.45, 2.75) is 64.0 Å². The van der Waals surface area contributed by atoms with Crippen molar-refractivity contribution in [3.63, 3.8) is 0 Å². The molecule has 2 aromatic rings. The third kappa shape index (κ3) is 4.67. The number of halogens is 6. The maximum absolute atomic E-state index is 14.5. The molecule has 1 aliphatic carbocycles. The van der Waals surface area contributed by atoms with E-state index in [9.17, 15) is 31.1 Å². The number of aliphatic imine (C=N–C) groups is 1. The highest BCUT2D eigenvalue weighted by atomic mass is 19.4. The molecule has 0 N–H and O–H groups in total. The van der Waals surface area contributed by atoms with Crippen molar-refractivity contribution in [1.29, 1.82) is 0 Å². The average Bonchev–Trinajstić information content (AvgIpc) is 2.77. The minimum absolute atomic E-state index is 0.00243. The second kappa shape index (κ2) is 9.09. The van der Waals surface area contributed by atoms with Gasteiger partial charge in [-0.3, -0.25) is 4.79 Å². The molecule has 0 saturated carbocycles. The number of amidine groups is 1. The molecule has 0 saturated heterocycles. The maximum Gasteiger partial charge on any atom is 0.427 e. The molecule has 0 unspecified atom stereocenters. The van der Waals surface area contributed by atoms with Gasteiger partial charge in [-0.1, -0.05) is 74.5 Å². The first-order valence-electron chi connectivity index (χ1n) is 11.6. The van der Waals surface area contributed by atoms with Gasteiger partial charge in [0.05, 0.1) is 5.57 Å². The maximum atomic E-state index is 14.5. The van der Waals surface area contributed by atoms with Crippen molar-refractivity contribution in [1.82, 2.24) is 4.90 Å². The molecular weight excluding hydrogens is 482 g/mol. The van der Waals surface area contributed by atoms with Gasteiger partial charge in [-0.05, 0) is 29.4 Å². The zero-order valence-corrected chi connectivity index (χ0v) is 19.9. The first-order chi connectivity index (χ1) is 16.8. The molecular formula is C27H26F6N2O. The van der Waals surface area contributed by atoms with Gasteiger partial charge in [0, 0.05) is 25.1 Å². The molecule has 2 aromatic carbocycles. The van der Waals surface area contributed by atoms with E-state index in [0.29, 0.717) is 5.56 Å². The van der Waals surface area contributed by atoms with Crippen molar-refractivity contribution in [2.24, 2.45) is 10.4 Å². The fourth-order valence-electron chi connectivity index (χ4n) is 5.01. The first kappa shape index (κ1) is 26.0. The summed E-state index contributed by atoms with van der Waals surface area (Å²) in [7, 11) is 0. The number of allylic oxidation sites excluding steroid dienone is 1. The quantitative estimate of drug-likeness (QED) is 0.406. The monoisotopic (exact) mass is 508 g/mol. The minimum Gasteiger partial charge on any atom is -0.329 e. The van der Waals surface area contributed by atoms with E-state index in [2.05, 4.69) is 4.99 Å². The number of nitrogens with zero attached hydrogens (tertiary/aromatic N) is 2. The fourth-order valence-corrected chi connectivity index (χ4v) is 5.01. The Labute approximate surface area is 205 Å². The number of ketones is 1. The van der Waals surface area contributed by atoms with Crippen LogP contribution in [0.15, 0.2) is 76.9 Å². The number of Topliss-reactive ketones (excluding diaryl/α,β-unsaturated/α-hetero) is 1. The van der Waals surface area contributed by atoms with Gasteiger partial charge in [0.1, 0.15) is 5.84 Å². The van der Waals surface area contributed by atoms with Crippen LogP contribution < -0.4 is 0 Å². The Hall–Kier alpha value is -3.10. The molecule has 0 atom stereocenters. The van der Waals surface area contributed by atoms with Crippen LogP contribution in [0.1, 0.15) is 44.2 Å². The number of benzene rings is 2. The third-order valence-corrected chi connectivity index (χ3v) is 6.63. The second-order valence-corrected chi connectivity index (χ2v) is 10.1.